The lowest BCUT2D eigenvalue weighted by molar-refractivity contribution is -0.148. The monoisotopic (exact) mass is 220 g/mol. The molecule has 0 bridgehead atoms. The lowest BCUT2D eigenvalue weighted by Crippen LogP contribution is -2.58. The number of carbonyl (C=O) groups is 1. The van der Waals surface area contributed by atoms with Gasteiger partial charge in [-0.2, -0.15) is 0 Å². The lowest BCUT2D eigenvalue weighted by atomic mass is 10.0. The number of amides is 1. The summed E-state index contributed by atoms with van der Waals surface area (Å²) in [6, 6.07) is -1.05. The van der Waals surface area contributed by atoms with Gasteiger partial charge in [-0.3, -0.25) is 4.79 Å². The Bertz CT molecular complexity index is 273. The average Bonchev–Trinajstić information content (AvgIpc) is 2.48. The number of rotatable bonds is 1. The van der Waals surface area contributed by atoms with E-state index in [0.29, 0.717) is 6.54 Å². The van der Waals surface area contributed by atoms with Crippen molar-refractivity contribution >= 4 is 5.91 Å². The molecule has 0 aromatic heterocycles. The summed E-state index contributed by atoms with van der Waals surface area (Å²) in [6.07, 6.45) is -0.583. The molecule has 1 amide bonds. The number of nitrogens with one attached hydrogen (secondary N) is 1. The van der Waals surface area contributed by atoms with E-state index in [2.05, 4.69) is 5.32 Å². The molecule has 15 heavy (non-hydrogen) atoms. The zero-order valence-corrected chi connectivity index (χ0v) is 8.25. The summed E-state index contributed by atoms with van der Waals surface area (Å²) in [7, 11) is 0. The topological polar surface area (TPSA) is 52.6 Å². The van der Waals surface area contributed by atoms with Gasteiger partial charge >= 0.3 is 0 Å². The standard InChI is InChI=1S/C9H14F2N2O2/c10-9(11)5-12-3-1-7(9)13-4-2-6(14)8(13)15/h6-7,12,14H,1-5H2/t6?,7-/m1/s1. The second-order valence-electron chi connectivity index (χ2n) is 4.08. The summed E-state index contributed by atoms with van der Waals surface area (Å²) < 4.78 is 27.0. The quantitative estimate of drug-likeness (QED) is 0.631. The molecule has 2 atom stereocenters. The largest absolute Gasteiger partial charge is 0.383 e. The maximum atomic E-state index is 13.5. The first kappa shape index (κ1) is 10.8. The minimum atomic E-state index is -2.89. The molecular weight excluding hydrogens is 206 g/mol. The normalized spacial score (nSPS) is 35.9. The van der Waals surface area contributed by atoms with Crippen LogP contribution < -0.4 is 5.32 Å². The van der Waals surface area contributed by atoms with Crippen molar-refractivity contribution in [1.82, 2.24) is 10.2 Å². The molecule has 2 N–H and O–H groups in total. The second kappa shape index (κ2) is 3.68. The van der Waals surface area contributed by atoms with E-state index in [1.807, 2.05) is 0 Å². The Hall–Kier alpha value is -0.750. The van der Waals surface area contributed by atoms with Crippen molar-refractivity contribution in [1.29, 1.82) is 0 Å². The number of carbonyl (C=O) groups excluding carboxylic acids is 1. The van der Waals surface area contributed by atoms with Crippen molar-refractivity contribution in [2.24, 2.45) is 0 Å². The molecule has 86 valence electrons. The zero-order chi connectivity index (χ0) is 11.1. The molecule has 2 aliphatic rings. The zero-order valence-electron chi connectivity index (χ0n) is 8.25. The van der Waals surface area contributed by atoms with Crippen LogP contribution in [0.15, 0.2) is 0 Å². The van der Waals surface area contributed by atoms with Gasteiger partial charge in [0.15, 0.2) is 0 Å². The first-order chi connectivity index (χ1) is 7.02. The van der Waals surface area contributed by atoms with Gasteiger partial charge in [-0.1, -0.05) is 0 Å². The van der Waals surface area contributed by atoms with Crippen molar-refractivity contribution in [3.63, 3.8) is 0 Å². The first-order valence-corrected chi connectivity index (χ1v) is 5.09. The maximum absolute atomic E-state index is 13.5. The number of piperidine rings is 1. The van der Waals surface area contributed by atoms with Gasteiger partial charge in [0.2, 0.25) is 0 Å². The van der Waals surface area contributed by atoms with Crippen LogP contribution in [0.2, 0.25) is 0 Å². The summed E-state index contributed by atoms with van der Waals surface area (Å²) >= 11 is 0. The van der Waals surface area contributed by atoms with Gasteiger partial charge in [0, 0.05) is 6.54 Å². The number of halogens is 2. The molecule has 2 rings (SSSR count). The highest BCUT2D eigenvalue weighted by atomic mass is 19.3. The van der Waals surface area contributed by atoms with Crippen LogP contribution in [0.1, 0.15) is 12.8 Å². The van der Waals surface area contributed by atoms with E-state index in [1.54, 1.807) is 0 Å². The molecule has 0 aliphatic carbocycles. The van der Waals surface area contributed by atoms with Crippen LogP contribution >= 0.6 is 0 Å². The molecule has 0 saturated carbocycles. The van der Waals surface area contributed by atoms with Crippen molar-refractivity contribution in [3.05, 3.63) is 0 Å². The summed E-state index contributed by atoms with van der Waals surface area (Å²) in [5.41, 5.74) is 0. The van der Waals surface area contributed by atoms with Crippen molar-refractivity contribution in [3.8, 4) is 0 Å². The van der Waals surface area contributed by atoms with Crippen LogP contribution in [-0.4, -0.2) is 53.6 Å². The van der Waals surface area contributed by atoms with E-state index in [0.717, 1.165) is 4.90 Å². The van der Waals surface area contributed by atoms with Crippen LogP contribution in [-0.2, 0) is 4.79 Å². The van der Waals surface area contributed by atoms with E-state index in [-0.39, 0.29) is 19.4 Å². The van der Waals surface area contributed by atoms with E-state index in [1.165, 1.54) is 0 Å². The van der Waals surface area contributed by atoms with Crippen molar-refractivity contribution in [2.45, 2.75) is 30.9 Å². The predicted molar refractivity (Wildman–Crippen MR) is 48.6 cm³/mol. The van der Waals surface area contributed by atoms with Gasteiger partial charge in [-0.05, 0) is 19.4 Å². The molecule has 1 unspecified atom stereocenters. The van der Waals surface area contributed by atoms with E-state index < -0.39 is 30.5 Å². The van der Waals surface area contributed by atoms with Crippen molar-refractivity contribution < 1.29 is 18.7 Å². The smallest absolute Gasteiger partial charge is 0.280 e. The Balaban J connectivity index is 2.12. The van der Waals surface area contributed by atoms with Gasteiger partial charge in [0.25, 0.3) is 11.8 Å². The molecule has 6 heteroatoms. The maximum Gasteiger partial charge on any atom is 0.280 e. The highest BCUT2D eigenvalue weighted by Crippen LogP contribution is 2.30. The van der Waals surface area contributed by atoms with Gasteiger partial charge < -0.3 is 15.3 Å². The number of nitrogens with zero attached hydrogens (tertiary/aromatic N) is 1. The SMILES string of the molecule is O=C1C(O)CCN1[C@@H]1CCNCC1(F)F. The van der Waals surface area contributed by atoms with Crippen LogP contribution in [0.25, 0.3) is 0 Å². The Morgan fingerprint density at radius 2 is 2.20 bits per heavy atom. The third kappa shape index (κ3) is 1.83. The number of hydrogen-bond donors (Lipinski definition) is 2. The van der Waals surface area contributed by atoms with Crippen LogP contribution in [0.3, 0.4) is 0 Å². The van der Waals surface area contributed by atoms with Gasteiger partial charge in [0.05, 0.1) is 12.6 Å². The third-order valence-corrected chi connectivity index (χ3v) is 3.03. The minimum absolute atomic E-state index is 0.236. The van der Waals surface area contributed by atoms with Crippen LogP contribution in [0.4, 0.5) is 8.78 Å². The fourth-order valence-electron chi connectivity index (χ4n) is 2.20. The van der Waals surface area contributed by atoms with Crippen LogP contribution in [0, 0.1) is 0 Å². The lowest BCUT2D eigenvalue weighted by Gasteiger charge is -2.37. The number of likely N-dealkylation sites (tertiary alicyclic amines) is 1. The molecule has 2 heterocycles. The molecule has 0 aromatic carbocycles. The van der Waals surface area contributed by atoms with Gasteiger partial charge in [0.1, 0.15) is 6.10 Å². The highest BCUT2D eigenvalue weighted by Gasteiger charge is 2.49. The van der Waals surface area contributed by atoms with Gasteiger partial charge in [-0.25, -0.2) is 8.78 Å². The highest BCUT2D eigenvalue weighted by molar-refractivity contribution is 5.83. The number of alkyl halides is 2. The summed E-state index contributed by atoms with van der Waals surface area (Å²) in [5.74, 6) is -3.44. The van der Waals surface area contributed by atoms with E-state index >= 15 is 0 Å². The molecule has 2 aliphatic heterocycles. The van der Waals surface area contributed by atoms with E-state index in [9.17, 15) is 18.7 Å². The first-order valence-electron chi connectivity index (χ1n) is 5.09. The van der Waals surface area contributed by atoms with Crippen LogP contribution in [0.5, 0.6) is 0 Å². The molecule has 2 saturated heterocycles. The predicted octanol–water partition coefficient (Wildman–Crippen LogP) is -0.423. The Labute approximate surface area is 86.2 Å². The summed E-state index contributed by atoms with van der Waals surface area (Å²) in [5, 5.41) is 11.8. The molecular formula is C9H14F2N2O2. The number of hydrogen-bond acceptors (Lipinski definition) is 3. The van der Waals surface area contributed by atoms with Crippen molar-refractivity contribution in [2.75, 3.05) is 19.6 Å². The fraction of sp³-hybridized carbons (Fsp3) is 0.889. The number of aliphatic hydroxyl groups excluding tert-OH is 1. The fourth-order valence-corrected chi connectivity index (χ4v) is 2.20. The molecule has 0 spiro atoms. The molecule has 4 nitrogen and oxygen atoms in total. The van der Waals surface area contributed by atoms with E-state index in [4.69, 9.17) is 0 Å². The number of aliphatic hydroxyl groups is 1. The minimum Gasteiger partial charge on any atom is -0.383 e. The summed E-state index contributed by atoms with van der Waals surface area (Å²) in [6.45, 7) is 0.331. The summed E-state index contributed by atoms with van der Waals surface area (Å²) in [4.78, 5) is 12.5. The van der Waals surface area contributed by atoms with Gasteiger partial charge in [-0.15, -0.1) is 0 Å². The third-order valence-electron chi connectivity index (χ3n) is 3.03. The Morgan fingerprint density at radius 1 is 1.47 bits per heavy atom. The Morgan fingerprint density at radius 3 is 2.73 bits per heavy atom. The molecule has 2 fully saturated rings. The second-order valence-corrected chi connectivity index (χ2v) is 4.08. The Kier molecular flexibility index (Phi) is 2.64. The molecule has 0 radical (unpaired) electrons. The molecule has 0 aromatic rings. The average molecular weight is 220 g/mol.